The van der Waals surface area contributed by atoms with E-state index in [0.29, 0.717) is 11.5 Å². The molecule has 2 fully saturated rings. The molecular formula is C13H23BrO. The normalized spacial score (nSPS) is 38.2. The maximum atomic E-state index is 6.00. The van der Waals surface area contributed by atoms with Crippen molar-refractivity contribution in [1.82, 2.24) is 0 Å². The average molecular weight is 275 g/mol. The first-order valence-corrected chi connectivity index (χ1v) is 7.51. The van der Waals surface area contributed by atoms with Gasteiger partial charge in [0.15, 0.2) is 0 Å². The van der Waals surface area contributed by atoms with Gasteiger partial charge in [-0.3, -0.25) is 0 Å². The van der Waals surface area contributed by atoms with Crippen molar-refractivity contribution in [3.05, 3.63) is 0 Å². The summed E-state index contributed by atoms with van der Waals surface area (Å²) in [7, 11) is 0. The Balaban J connectivity index is 2.04. The van der Waals surface area contributed by atoms with E-state index in [9.17, 15) is 0 Å². The van der Waals surface area contributed by atoms with Crippen LogP contribution in [-0.2, 0) is 4.74 Å². The predicted octanol–water partition coefficient (Wildman–Crippen LogP) is 4.00. The SMILES string of the molecule is CCC(C)CC1(CBr)CCOC1C1CC1. The van der Waals surface area contributed by atoms with Crippen molar-refractivity contribution in [2.45, 2.75) is 52.1 Å². The molecule has 15 heavy (non-hydrogen) atoms. The second kappa shape index (κ2) is 4.75. The average Bonchev–Trinajstić information content (AvgIpc) is 3.01. The van der Waals surface area contributed by atoms with Gasteiger partial charge in [0.25, 0.3) is 0 Å². The molecule has 0 spiro atoms. The first kappa shape index (κ1) is 11.9. The lowest BCUT2D eigenvalue weighted by Crippen LogP contribution is -2.36. The van der Waals surface area contributed by atoms with Crippen molar-refractivity contribution in [2.75, 3.05) is 11.9 Å². The molecule has 0 bridgehead atoms. The molecule has 0 radical (unpaired) electrons. The van der Waals surface area contributed by atoms with Gasteiger partial charge in [-0.05, 0) is 37.5 Å². The molecule has 1 saturated carbocycles. The Bertz CT molecular complexity index is 215. The topological polar surface area (TPSA) is 9.23 Å². The van der Waals surface area contributed by atoms with Crippen molar-refractivity contribution in [3.63, 3.8) is 0 Å². The van der Waals surface area contributed by atoms with E-state index in [1.54, 1.807) is 0 Å². The first-order chi connectivity index (χ1) is 7.22. The molecule has 2 rings (SSSR count). The summed E-state index contributed by atoms with van der Waals surface area (Å²) < 4.78 is 6.00. The van der Waals surface area contributed by atoms with Crippen LogP contribution >= 0.6 is 15.9 Å². The van der Waals surface area contributed by atoms with Crippen LogP contribution in [0.15, 0.2) is 0 Å². The molecule has 1 nitrogen and oxygen atoms in total. The fourth-order valence-electron chi connectivity index (χ4n) is 3.00. The summed E-state index contributed by atoms with van der Waals surface area (Å²) >= 11 is 3.75. The van der Waals surface area contributed by atoms with Crippen molar-refractivity contribution in [1.29, 1.82) is 0 Å². The van der Waals surface area contributed by atoms with Crippen LogP contribution in [-0.4, -0.2) is 18.0 Å². The van der Waals surface area contributed by atoms with Crippen LogP contribution in [0.4, 0.5) is 0 Å². The van der Waals surface area contributed by atoms with Crippen molar-refractivity contribution in [2.24, 2.45) is 17.3 Å². The molecule has 1 aliphatic heterocycles. The van der Waals surface area contributed by atoms with Crippen molar-refractivity contribution < 1.29 is 4.74 Å². The van der Waals surface area contributed by atoms with Gasteiger partial charge in [-0.25, -0.2) is 0 Å². The standard InChI is InChI=1S/C13H23BrO/c1-3-10(2)8-13(9-14)6-7-15-12(13)11-4-5-11/h10-12H,3-9H2,1-2H3. The van der Waals surface area contributed by atoms with E-state index in [1.807, 2.05) is 0 Å². The fourth-order valence-corrected chi connectivity index (χ4v) is 3.83. The number of alkyl halides is 1. The maximum absolute atomic E-state index is 6.00. The molecule has 0 aromatic heterocycles. The Morgan fingerprint density at radius 3 is 2.73 bits per heavy atom. The van der Waals surface area contributed by atoms with E-state index < -0.39 is 0 Å². The highest BCUT2D eigenvalue weighted by atomic mass is 79.9. The van der Waals surface area contributed by atoms with Crippen LogP contribution in [0, 0.1) is 17.3 Å². The van der Waals surface area contributed by atoms with Crippen LogP contribution in [0.2, 0.25) is 0 Å². The molecule has 3 unspecified atom stereocenters. The molecule has 0 aromatic carbocycles. The zero-order valence-electron chi connectivity index (χ0n) is 9.97. The zero-order chi connectivity index (χ0) is 10.9. The molecule has 0 aromatic rings. The van der Waals surface area contributed by atoms with Crippen LogP contribution in [0.1, 0.15) is 46.0 Å². The summed E-state index contributed by atoms with van der Waals surface area (Å²) in [4.78, 5) is 0. The molecule has 1 aliphatic carbocycles. The molecule has 2 heteroatoms. The minimum absolute atomic E-state index is 0.455. The van der Waals surface area contributed by atoms with Gasteiger partial charge in [-0.2, -0.15) is 0 Å². The number of hydrogen-bond donors (Lipinski definition) is 0. The monoisotopic (exact) mass is 274 g/mol. The second-order valence-electron chi connectivity index (χ2n) is 5.59. The van der Waals surface area contributed by atoms with Crippen LogP contribution in [0.25, 0.3) is 0 Å². The summed E-state index contributed by atoms with van der Waals surface area (Å²) in [5, 5.41) is 1.13. The number of ether oxygens (including phenoxy) is 1. The Kier molecular flexibility index (Phi) is 3.77. The van der Waals surface area contributed by atoms with E-state index in [4.69, 9.17) is 4.74 Å². The van der Waals surface area contributed by atoms with E-state index in [2.05, 4.69) is 29.8 Å². The Hall–Kier alpha value is 0.440. The molecular weight excluding hydrogens is 252 g/mol. The van der Waals surface area contributed by atoms with Crippen LogP contribution < -0.4 is 0 Å². The van der Waals surface area contributed by atoms with Gasteiger partial charge in [0.05, 0.1) is 6.10 Å². The van der Waals surface area contributed by atoms with Gasteiger partial charge in [-0.1, -0.05) is 36.2 Å². The molecule has 0 amide bonds. The maximum Gasteiger partial charge on any atom is 0.0668 e. The largest absolute Gasteiger partial charge is 0.377 e. The third kappa shape index (κ3) is 2.41. The molecule has 1 heterocycles. The highest BCUT2D eigenvalue weighted by molar-refractivity contribution is 9.09. The third-order valence-electron chi connectivity index (χ3n) is 4.27. The molecule has 0 N–H and O–H groups in total. The summed E-state index contributed by atoms with van der Waals surface area (Å²) in [5.74, 6) is 1.72. The van der Waals surface area contributed by atoms with Crippen LogP contribution in [0.5, 0.6) is 0 Å². The summed E-state index contributed by atoms with van der Waals surface area (Å²) in [6.07, 6.45) is 7.27. The highest BCUT2D eigenvalue weighted by Gasteiger charge is 2.50. The number of halogens is 1. The lowest BCUT2D eigenvalue weighted by molar-refractivity contribution is 0.0312. The summed E-state index contributed by atoms with van der Waals surface area (Å²) in [6.45, 7) is 5.67. The van der Waals surface area contributed by atoms with Gasteiger partial charge in [0, 0.05) is 17.4 Å². The van der Waals surface area contributed by atoms with E-state index in [1.165, 1.54) is 32.1 Å². The number of rotatable bonds is 5. The fraction of sp³-hybridized carbons (Fsp3) is 1.00. The Labute approximate surface area is 102 Å². The molecule has 2 aliphatic rings. The minimum Gasteiger partial charge on any atom is -0.377 e. The van der Waals surface area contributed by atoms with Gasteiger partial charge >= 0.3 is 0 Å². The third-order valence-corrected chi connectivity index (χ3v) is 5.39. The van der Waals surface area contributed by atoms with Crippen molar-refractivity contribution >= 4 is 15.9 Å². The highest BCUT2D eigenvalue weighted by Crippen LogP contribution is 2.51. The first-order valence-electron chi connectivity index (χ1n) is 6.39. The van der Waals surface area contributed by atoms with Crippen LogP contribution in [0.3, 0.4) is 0 Å². The summed E-state index contributed by atoms with van der Waals surface area (Å²) in [5.41, 5.74) is 0.455. The van der Waals surface area contributed by atoms with Gasteiger partial charge in [0.2, 0.25) is 0 Å². The lowest BCUT2D eigenvalue weighted by Gasteiger charge is -2.34. The molecule has 3 atom stereocenters. The molecule has 88 valence electrons. The van der Waals surface area contributed by atoms with E-state index in [-0.39, 0.29) is 0 Å². The predicted molar refractivity (Wildman–Crippen MR) is 67.4 cm³/mol. The van der Waals surface area contributed by atoms with Crippen molar-refractivity contribution in [3.8, 4) is 0 Å². The Morgan fingerprint density at radius 1 is 1.47 bits per heavy atom. The van der Waals surface area contributed by atoms with Gasteiger partial charge in [0.1, 0.15) is 0 Å². The second-order valence-corrected chi connectivity index (χ2v) is 6.15. The van der Waals surface area contributed by atoms with E-state index in [0.717, 1.165) is 23.8 Å². The quantitative estimate of drug-likeness (QED) is 0.689. The minimum atomic E-state index is 0.455. The summed E-state index contributed by atoms with van der Waals surface area (Å²) in [6, 6.07) is 0. The van der Waals surface area contributed by atoms with Gasteiger partial charge in [-0.15, -0.1) is 0 Å². The van der Waals surface area contributed by atoms with E-state index >= 15 is 0 Å². The zero-order valence-corrected chi connectivity index (χ0v) is 11.6. The lowest BCUT2D eigenvalue weighted by atomic mass is 9.74. The smallest absolute Gasteiger partial charge is 0.0668 e. The Morgan fingerprint density at radius 2 is 2.20 bits per heavy atom. The number of hydrogen-bond acceptors (Lipinski definition) is 1. The van der Waals surface area contributed by atoms with Gasteiger partial charge < -0.3 is 4.74 Å². The molecule has 1 saturated heterocycles.